The summed E-state index contributed by atoms with van der Waals surface area (Å²) in [6.45, 7) is 1.58. The van der Waals surface area contributed by atoms with Gasteiger partial charge in [0.05, 0.1) is 41.2 Å². The van der Waals surface area contributed by atoms with Crippen molar-refractivity contribution in [2.24, 2.45) is 5.73 Å². The minimum atomic E-state index is 0.193. The van der Waals surface area contributed by atoms with Gasteiger partial charge in [0.1, 0.15) is 17.2 Å². The van der Waals surface area contributed by atoms with Crippen molar-refractivity contribution < 1.29 is 0 Å². The van der Waals surface area contributed by atoms with Crippen LogP contribution in [0.3, 0.4) is 0 Å². The minimum Gasteiger partial charge on any atom is -0.353 e. The van der Waals surface area contributed by atoms with E-state index in [0.717, 1.165) is 69.1 Å². The Morgan fingerprint density at radius 3 is 2.66 bits per heavy atom. The molecule has 0 bridgehead atoms. The normalized spacial score (nSPS) is 14.0. The van der Waals surface area contributed by atoms with Crippen molar-refractivity contribution in [3.63, 3.8) is 0 Å². The molecule has 170 valence electrons. The van der Waals surface area contributed by atoms with Crippen molar-refractivity contribution in [2.45, 2.75) is 6.04 Å². The molecular formula is C26H21N9. The molecule has 9 heteroatoms. The lowest BCUT2D eigenvalue weighted by molar-refractivity contribution is 0.514. The van der Waals surface area contributed by atoms with Gasteiger partial charge in [-0.3, -0.25) is 20.1 Å². The molecule has 0 spiro atoms. The number of fused-ring (bicyclic) bond motifs is 2. The number of hydrogen-bond acceptors (Lipinski definition) is 7. The summed E-state index contributed by atoms with van der Waals surface area (Å²) in [5.41, 5.74) is 13.0. The summed E-state index contributed by atoms with van der Waals surface area (Å²) in [6, 6.07) is 16.5. The van der Waals surface area contributed by atoms with Gasteiger partial charge in [-0.15, -0.1) is 0 Å². The first kappa shape index (κ1) is 19.8. The Morgan fingerprint density at radius 1 is 0.857 bits per heavy atom. The Morgan fingerprint density at radius 2 is 1.80 bits per heavy atom. The molecule has 1 fully saturated rings. The molecule has 0 amide bonds. The fourth-order valence-electron chi connectivity index (χ4n) is 4.62. The Labute approximate surface area is 200 Å². The molecule has 6 aromatic rings. The predicted octanol–water partition coefficient (Wildman–Crippen LogP) is 3.77. The Kier molecular flexibility index (Phi) is 4.36. The highest BCUT2D eigenvalue weighted by atomic mass is 15.3. The van der Waals surface area contributed by atoms with E-state index < -0.39 is 0 Å². The van der Waals surface area contributed by atoms with Gasteiger partial charge >= 0.3 is 0 Å². The highest BCUT2D eigenvalue weighted by Gasteiger charge is 2.25. The van der Waals surface area contributed by atoms with Gasteiger partial charge in [0.25, 0.3) is 0 Å². The third kappa shape index (κ3) is 3.32. The van der Waals surface area contributed by atoms with E-state index in [1.165, 1.54) is 0 Å². The van der Waals surface area contributed by atoms with E-state index in [1.54, 1.807) is 18.6 Å². The van der Waals surface area contributed by atoms with Crippen molar-refractivity contribution in [1.82, 2.24) is 35.1 Å². The number of H-pyrrole nitrogens is 2. The summed E-state index contributed by atoms with van der Waals surface area (Å²) >= 11 is 0. The van der Waals surface area contributed by atoms with Crippen molar-refractivity contribution >= 4 is 27.6 Å². The van der Waals surface area contributed by atoms with E-state index in [9.17, 15) is 0 Å². The fraction of sp³-hybridized carbons (Fsp3) is 0.115. The molecule has 6 heterocycles. The third-order valence-electron chi connectivity index (χ3n) is 6.43. The summed E-state index contributed by atoms with van der Waals surface area (Å²) in [5.74, 6) is 0.816. The number of rotatable bonds is 4. The summed E-state index contributed by atoms with van der Waals surface area (Å²) in [4.78, 5) is 23.9. The second-order valence-corrected chi connectivity index (χ2v) is 8.78. The molecule has 35 heavy (non-hydrogen) atoms. The van der Waals surface area contributed by atoms with Crippen LogP contribution in [-0.4, -0.2) is 54.2 Å². The van der Waals surface area contributed by atoms with Crippen LogP contribution in [0.4, 0.5) is 5.82 Å². The number of nitrogens with zero attached hydrogens (tertiary/aromatic N) is 6. The molecule has 7 rings (SSSR count). The summed E-state index contributed by atoms with van der Waals surface area (Å²) in [5, 5.41) is 9.76. The number of nitrogens with one attached hydrogen (secondary N) is 2. The highest BCUT2D eigenvalue weighted by molar-refractivity contribution is 6.01. The van der Waals surface area contributed by atoms with Crippen molar-refractivity contribution in [3.8, 4) is 34.0 Å². The topological polar surface area (TPSA) is 125 Å². The van der Waals surface area contributed by atoms with Crippen molar-refractivity contribution in [1.29, 1.82) is 0 Å². The first-order chi connectivity index (χ1) is 17.2. The van der Waals surface area contributed by atoms with Crippen LogP contribution in [0.5, 0.6) is 0 Å². The van der Waals surface area contributed by atoms with Gasteiger partial charge in [-0.2, -0.15) is 5.10 Å². The minimum absolute atomic E-state index is 0.193. The van der Waals surface area contributed by atoms with E-state index in [-0.39, 0.29) is 6.04 Å². The summed E-state index contributed by atoms with van der Waals surface area (Å²) in [7, 11) is 0. The predicted molar refractivity (Wildman–Crippen MR) is 136 cm³/mol. The smallest absolute Gasteiger partial charge is 0.147 e. The molecule has 1 aromatic carbocycles. The van der Waals surface area contributed by atoms with Gasteiger partial charge < -0.3 is 15.6 Å². The SMILES string of the molecule is NC1CN(c2cncc(-c3cc4c(-c5cc6c(-c7ccccn7)cccc6[nH]5)n[nH]c4cn3)n2)C1. The molecule has 5 aromatic heterocycles. The number of anilines is 1. The number of pyridine rings is 2. The maximum Gasteiger partial charge on any atom is 0.147 e. The standard InChI is InChI=1S/C26H21N9/c27-15-13-35(14-15)25-12-28-10-24(32-25)21-9-18-23(11-30-21)33-34-26(18)22-8-17-16(4-3-6-20(17)31-22)19-5-1-2-7-29-19/h1-12,15,31H,13-14,27H2,(H,33,34). The van der Waals surface area contributed by atoms with Gasteiger partial charge in [0.15, 0.2) is 0 Å². The number of hydrogen-bond donors (Lipinski definition) is 3. The third-order valence-corrected chi connectivity index (χ3v) is 6.43. The lowest BCUT2D eigenvalue weighted by atomic mass is 10.1. The average molecular weight is 460 g/mol. The zero-order valence-electron chi connectivity index (χ0n) is 18.7. The van der Waals surface area contributed by atoms with E-state index in [1.807, 2.05) is 36.5 Å². The number of aromatic nitrogens is 7. The number of aromatic amines is 2. The van der Waals surface area contributed by atoms with Crippen LogP contribution in [0.2, 0.25) is 0 Å². The van der Waals surface area contributed by atoms with Crippen molar-refractivity contribution in [3.05, 3.63) is 73.3 Å². The zero-order chi connectivity index (χ0) is 23.4. The molecule has 0 saturated carbocycles. The summed E-state index contributed by atoms with van der Waals surface area (Å²) < 4.78 is 0. The first-order valence-electron chi connectivity index (χ1n) is 11.4. The lowest BCUT2D eigenvalue weighted by Crippen LogP contribution is -2.56. The monoisotopic (exact) mass is 459 g/mol. The molecule has 0 aliphatic carbocycles. The van der Waals surface area contributed by atoms with Gasteiger partial charge in [-0.1, -0.05) is 18.2 Å². The largest absolute Gasteiger partial charge is 0.353 e. The fourth-order valence-corrected chi connectivity index (χ4v) is 4.62. The maximum atomic E-state index is 5.93. The second kappa shape index (κ2) is 7.71. The van der Waals surface area contributed by atoms with E-state index in [4.69, 9.17) is 10.7 Å². The van der Waals surface area contributed by atoms with Crippen molar-refractivity contribution in [2.75, 3.05) is 18.0 Å². The Hall–Kier alpha value is -4.63. The first-order valence-corrected chi connectivity index (χ1v) is 11.4. The lowest BCUT2D eigenvalue weighted by Gasteiger charge is -2.37. The Bertz CT molecular complexity index is 1680. The molecule has 1 saturated heterocycles. The van der Waals surface area contributed by atoms with Gasteiger partial charge in [-0.25, -0.2) is 4.98 Å². The van der Waals surface area contributed by atoms with E-state index in [2.05, 4.69) is 53.2 Å². The van der Waals surface area contributed by atoms with Crippen LogP contribution in [0.25, 0.3) is 55.8 Å². The molecule has 0 atom stereocenters. The molecule has 0 unspecified atom stereocenters. The van der Waals surface area contributed by atoms with Gasteiger partial charge in [0, 0.05) is 47.2 Å². The zero-order valence-corrected chi connectivity index (χ0v) is 18.7. The van der Waals surface area contributed by atoms with E-state index in [0.29, 0.717) is 5.69 Å². The Balaban J connectivity index is 1.31. The van der Waals surface area contributed by atoms with Crippen LogP contribution in [-0.2, 0) is 0 Å². The molecular weight excluding hydrogens is 438 g/mol. The van der Waals surface area contributed by atoms with Crippen LogP contribution in [0.1, 0.15) is 0 Å². The van der Waals surface area contributed by atoms with Crippen LogP contribution in [0.15, 0.2) is 73.3 Å². The molecule has 1 aliphatic rings. The number of benzene rings is 1. The molecule has 4 N–H and O–H groups in total. The maximum absolute atomic E-state index is 5.93. The molecule has 0 radical (unpaired) electrons. The average Bonchev–Trinajstić information content (AvgIpc) is 3.51. The van der Waals surface area contributed by atoms with Crippen LogP contribution < -0.4 is 10.6 Å². The van der Waals surface area contributed by atoms with Gasteiger partial charge in [-0.05, 0) is 30.3 Å². The summed E-state index contributed by atoms with van der Waals surface area (Å²) in [6.07, 6.45) is 7.10. The molecule has 9 nitrogen and oxygen atoms in total. The van der Waals surface area contributed by atoms with Crippen LogP contribution >= 0.6 is 0 Å². The molecule has 1 aliphatic heterocycles. The van der Waals surface area contributed by atoms with Gasteiger partial charge in [0.2, 0.25) is 0 Å². The van der Waals surface area contributed by atoms with E-state index >= 15 is 0 Å². The quantitative estimate of drug-likeness (QED) is 0.366. The second-order valence-electron chi connectivity index (χ2n) is 8.78. The number of nitrogens with two attached hydrogens (primary N) is 1. The van der Waals surface area contributed by atoms with Crippen LogP contribution in [0, 0.1) is 0 Å². The highest BCUT2D eigenvalue weighted by Crippen LogP contribution is 2.34.